The van der Waals surface area contributed by atoms with Gasteiger partial charge in [-0.25, -0.2) is 0 Å². The molecule has 3 nitrogen and oxygen atoms in total. The second kappa shape index (κ2) is 6.42. The van der Waals surface area contributed by atoms with Crippen LogP contribution in [-0.2, 0) is 11.2 Å². The Labute approximate surface area is 121 Å². The molecule has 1 aliphatic heterocycles. The van der Waals surface area contributed by atoms with E-state index in [1.54, 1.807) is 0 Å². The summed E-state index contributed by atoms with van der Waals surface area (Å²) in [6.07, 6.45) is 6.77. The third kappa shape index (κ3) is 3.05. The summed E-state index contributed by atoms with van der Waals surface area (Å²) < 4.78 is 11.8. The highest BCUT2D eigenvalue weighted by Crippen LogP contribution is 2.29. The SMILES string of the molecule is CCCN1CCOC(COc2cccc3c2C=CC3)C1. The first-order chi connectivity index (χ1) is 9.86. The van der Waals surface area contributed by atoms with Crippen LogP contribution < -0.4 is 4.74 Å². The standard InChI is InChI=1S/C17H23NO2/c1-2-9-18-10-11-19-15(12-18)13-20-17-8-4-6-14-5-3-7-16(14)17/h3-4,6-8,15H,2,5,9-13H2,1H3. The number of morpholine rings is 1. The van der Waals surface area contributed by atoms with E-state index in [9.17, 15) is 0 Å². The molecule has 1 aliphatic carbocycles. The van der Waals surface area contributed by atoms with Gasteiger partial charge in [0.25, 0.3) is 0 Å². The predicted molar refractivity (Wildman–Crippen MR) is 81.1 cm³/mol. The highest BCUT2D eigenvalue weighted by molar-refractivity contribution is 5.66. The molecule has 20 heavy (non-hydrogen) atoms. The number of rotatable bonds is 5. The Morgan fingerprint density at radius 2 is 2.35 bits per heavy atom. The maximum absolute atomic E-state index is 6.01. The summed E-state index contributed by atoms with van der Waals surface area (Å²) in [6, 6.07) is 6.30. The van der Waals surface area contributed by atoms with Crippen LogP contribution in [0.2, 0.25) is 0 Å². The van der Waals surface area contributed by atoms with Crippen LogP contribution in [0, 0.1) is 0 Å². The molecule has 1 aromatic carbocycles. The van der Waals surface area contributed by atoms with Crippen molar-refractivity contribution in [2.45, 2.75) is 25.9 Å². The van der Waals surface area contributed by atoms with Crippen LogP contribution in [0.25, 0.3) is 6.08 Å². The van der Waals surface area contributed by atoms with Crippen molar-refractivity contribution in [3.63, 3.8) is 0 Å². The smallest absolute Gasteiger partial charge is 0.126 e. The number of hydrogen-bond acceptors (Lipinski definition) is 3. The average molecular weight is 273 g/mol. The Balaban J connectivity index is 1.57. The van der Waals surface area contributed by atoms with E-state index in [1.807, 2.05) is 0 Å². The molecule has 0 saturated carbocycles. The van der Waals surface area contributed by atoms with Gasteiger partial charge in [-0.05, 0) is 31.0 Å². The topological polar surface area (TPSA) is 21.7 Å². The molecule has 0 aromatic heterocycles. The Morgan fingerprint density at radius 3 is 3.25 bits per heavy atom. The van der Waals surface area contributed by atoms with Crippen molar-refractivity contribution in [1.82, 2.24) is 4.90 Å². The zero-order chi connectivity index (χ0) is 13.8. The second-order valence-electron chi connectivity index (χ2n) is 5.54. The third-order valence-corrected chi connectivity index (χ3v) is 3.97. The molecule has 1 unspecified atom stereocenters. The molecule has 0 bridgehead atoms. The fraction of sp³-hybridized carbons (Fsp3) is 0.529. The minimum absolute atomic E-state index is 0.191. The maximum atomic E-state index is 6.01. The Morgan fingerprint density at radius 1 is 1.40 bits per heavy atom. The van der Waals surface area contributed by atoms with Crippen molar-refractivity contribution in [3.05, 3.63) is 35.4 Å². The van der Waals surface area contributed by atoms with Gasteiger partial charge in [0.05, 0.1) is 6.61 Å². The van der Waals surface area contributed by atoms with Crippen LogP contribution in [-0.4, -0.2) is 43.9 Å². The van der Waals surface area contributed by atoms with Gasteiger partial charge in [0, 0.05) is 18.7 Å². The van der Waals surface area contributed by atoms with E-state index in [4.69, 9.17) is 9.47 Å². The minimum atomic E-state index is 0.191. The highest BCUT2D eigenvalue weighted by Gasteiger charge is 2.21. The molecular formula is C17H23NO2. The molecule has 1 atom stereocenters. The predicted octanol–water partition coefficient (Wildman–Crippen LogP) is 2.75. The van der Waals surface area contributed by atoms with Gasteiger partial charge in [-0.2, -0.15) is 0 Å². The minimum Gasteiger partial charge on any atom is -0.490 e. The lowest BCUT2D eigenvalue weighted by Gasteiger charge is -2.32. The summed E-state index contributed by atoms with van der Waals surface area (Å²) in [6.45, 7) is 6.88. The van der Waals surface area contributed by atoms with Crippen molar-refractivity contribution in [3.8, 4) is 5.75 Å². The van der Waals surface area contributed by atoms with Crippen molar-refractivity contribution in [2.24, 2.45) is 0 Å². The Bertz CT molecular complexity index is 482. The van der Waals surface area contributed by atoms with Gasteiger partial charge >= 0.3 is 0 Å². The largest absolute Gasteiger partial charge is 0.490 e. The van der Waals surface area contributed by atoms with Gasteiger partial charge in [-0.1, -0.05) is 31.2 Å². The summed E-state index contributed by atoms with van der Waals surface area (Å²) >= 11 is 0. The lowest BCUT2D eigenvalue weighted by molar-refractivity contribution is -0.0478. The molecule has 1 saturated heterocycles. The lowest BCUT2D eigenvalue weighted by atomic mass is 10.1. The summed E-state index contributed by atoms with van der Waals surface area (Å²) in [5.41, 5.74) is 2.60. The molecule has 0 radical (unpaired) electrons. The fourth-order valence-corrected chi connectivity index (χ4v) is 2.97. The maximum Gasteiger partial charge on any atom is 0.126 e. The highest BCUT2D eigenvalue weighted by atomic mass is 16.5. The van der Waals surface area contributed by atoms with E-state index < -0.39 is 0 Å². The Hall–Kier alpha value is -1.32. The first-order valence-corrected chi connectivity index (χ1v) is 7.62. The van der Waals surface area contributed by atoms with Crippen LogP contribution in [0.3, 0.4) is 0 Å². The lowest BCUT2D eigenvalue weighted by Crippen LogP contribution is -2.45. The zero-order valence-corrected chi connectivity index (χ0v) is 12.2. The first-order valence-electron chi connectivity index (χ1n) is 7.62. The van der Waals surface area contributed by atoms with E-state index >= 15 is 0 Å². The zero-order valence-electron chi connectivity index (χ0n) is 12.2. The molecule has 108 valence electrons. The van der Waals surface area contributed by atoms with E-state index in [0.29, 0.717) is 6.61 Å². The van der Waals surface area contributed by atoms with Crippen molar-refractivity contribution in [2.75, 3.05) is 32.8 Å². The molecule has 0 spiro atoms. The number of ether oxygens (including phenoxy) is 2. The van der Waals surface area contributed by atoms with Gasteiger partial charge in [0.15, 0.2) is 0 Å². The molecule has 1 aromatic rings. The number of hydrogen-bond donors (Lipinski definition) is 0. The molecule has 2 aliphatic rings. The fourth-order valence-electron chi connectivity index (χ4n) is 2.97. The normalized spacial score (nSPS) is 21.9. The van der Waals surface area contributed by atoms with Crippen molar-refractivity contribution in [1.29, 1.82) is 0 Å². The number of benzene rings is 1. The molecule has 1 heterocycles. The van der Waals surface area contributed by atoms with Gasteiger partial charge < -0.3 is 9.47 Å². The molecule has 3 rings (SSSR count). The van der Waals surface area contributed by atoms with E-state index in [2.05, 4.69) is 42.2 Å². The van der Waals surface area contributed by atoms with E-state index in [-0.39, 0.29) is 6.10 Å². The first kappa shape index (κ1) is 13.7. The van der Waals surface area contributed by atoms with Crippen LogP contribution in [0.5, 0.6) is 5.75 Å². The van der Waals surface area contributed by atoms with Gasteiger partial charge in [0.1, 0.15) is 18.5 Å². The van der Waals surface area contributed by atoms with Crippen LogP contribution in [0.1, 0.15) is 24.5 Å². The van der Waals surface area contributed by atoms with Gasteiger partial charge in [-0.15, -0.1) is 0 Å². The second-order valence-corrected chi connectivity index (χ2v) is 5.54. The summed E-state index contributed by atoms with van der Waals surface area (Å²) in [7, 11) is 0. The summed E-state index contributed by atoms with van der Waals surface area (Å²) in [5, 5.41) is 0. The van der Waals surface area contributed by atoms with Crippen molar-refractivity contribution < 1.29 is 9.47 Å². The van der Waals surface area contributed by atoms with Gasteiger partial charge in [0.2, 0.25) is 0 Å². The monoisotopic (exact) mass is 273 g/mol. The number of nitrogens with zero attached hydrogens (tertiary/aromatic N) is 1. The van der Waals surface area contributed by atoms with Crippen molar-refractivity contribution >= 4 is 6.08 Å². The molecule has 1 fully saturated rings. The van der Waals surface area contributed by atoms with E-state index in [0.717, 1.165) is 38.4 Å². The quantitative estimate of drug-likeness (QED) is 0.823. The Kier molecular flexibility index (Phi) is 4.38. The molecule has 0 amide bonds. The number of fused-ring (bicyclic) bond motifs is 1. The molecule has 3 heteroatoms. The molecule has 0 N–H and O–H groups in total. The summed E-state index contributed by atoms with van der Waals surface area (Å²) in [4.78, 5) is 2.47. The van der Waals surface area contributed by atoms with Gasteiger partial charge in [-0.3, -0.25) is 4.90 Å². The number of allylic oxidation sites excluding steroid dienone is 1. The van der Waals surface area contributed by atoms with E-state index in [1.165, 1.54) is 17.5 Å². The molecular weight excluding hydrogens is 250 g/mol. The van der Waals surface area contributed by atoms with Crippen LogP contribution in [0.4, 0.5) is 0 Å². The summed E-state index contributed by atoms with van der Waals surface area (Å²) in [5.74, 6) is 0.993. The van der Waals surface area contributed by atoms with Crippen LogP contribution in [0.15, 0.2) is 24.3 Å². The van der Waals surface area contributed by atoms with Crippen LogP contribution >= 0.6 is 0 Å². The average Bonchev–Trinajstić information content (AvgIpc) is 2.95. The third-order valence-electron chi connectivity index (χ3n) is 3.97.